The van der Waals surface area contributed by atoms with Gasteiger partial charge in [-0.15, -0.1) is 0 Å². The number of pyridine rings is 1. The normalized spacial score (nSPS) is 10.8. The minimum absolute atomic E-state index is 0. The van der Waals surface area contributed by atoms with Crippen molar-refractivity contribution in [3.8, 4) is 0 Å². The summed E-state index contributed by atoms with van der Waals surface area (Å²) in [6, 6.07) is 18.6. The molecule has 4 heteroatoms. The largest absolute Gasteiger partial charge is 1.00 e. The lowest BCUT2D eigenvalue weighted by molar-refractivity contribution is -0.687. The van der Waals surface area contributed by atoms with Gasteiger partial charge in [-0.05, 0) is 18.2 Å². The summed E-state index contributed by atoms with van der Waals surface area (Å²) in [6.45, 7) is 0.868. The average Bonchev–Trinajstić information content (AvgIpc) is 2.85. The number of hydrogen-bond donors (Lipinski definition) is 1. The molecular weight excluding hydrogens is 360 g/mol. The number of nitrogens with one attached hydrogen (secondary N) is 1. The molecular formula is C18H14BrClN2. The monoisotopic (exact) mass is 372 g/mol. The Balaban J connectivity index is 0.00000144. The van der Waals surface area contributed by atoms with E-state index in [1.54, 1.807) is 0 Å². The van der Waals surface area contributed by atoms with Gasteiger partial charge in [-0.1, -0.05) is 41.9 Å². The fraction of sp³-hybridized carbons (Fsp3) is 0.0556. The van der Waals surface area contributed by atoms with E-state index >= 15 is 0 Å². The van der Waals surface area contributed by atoms with Crippen molar-refractivity contribution in [2.75, 3.05) is 0 Å². The summed E-state index contributed by atoms with van der Waals surface area (Å²) in [6.07, 6.45) is 4.26. The highest BCUT2D eigenvalue weighted by Crippen LogP contribution is 2.26. The van der Waals surface area contributed by atoms with E-state index in [4.69, 9.17) is 11.6 Å². The molecule has 0 atom stereocenters. The quantitative estimate of drug-likeness (QED) is 0.511. The summed E-state index contributed by atoms with van der Waals surface area (Å²) in [5, 5.41) is 3.14. The van der Waals surface area contributed by atoms with Crippen LogP contribution in [0.25, 0.3) is 21.8 Å². The molecule has 110 valence electrons. The van der Waals surface area contributed by atoms with Crippen LogP contribution in [0.4, 0.5) is 0 Å². The molecule has 0 aliphatic carbocycles. The van der Waals surface area contributed by atoms with Crippen LogP contribution in [0.2, 0.25) is 5.02 Å². The second kappa shape index (κ2) is 6.11. The van der Waals surface area contributed by atoms with E-state index in [0.717, 1.165) is 22.6 Å². The SMILES string of the molecule is Clc1ccc2[nH]c3c[n+](Cc4ccccc4)ccc3c2c1.[Br-]. The van der Waals surface area contributed by atoms with E-state index in [1.165, 1.54) is 16.3 Å². The maximum atomic E-state index is 6.10. The molecule has 2 aromatic heterocycles. The van der Waals surface area contributed by atoms with Crippen LogP contribution < -0.4 is 21.5 Å². The van der Waals surface area contributed by atoms with Crippen molar-refractivity contribution in [1.29, 1.82) is 0 Å². The van der Waals surface area contributed by atoms with Gasteiger partial charge in [0.05, 0.1) is 0 Å². The van der Waals surface area contributed by atoms with Gasteiger partial charge < -0.3 is 22.0 Å². The van der Waals surface area contributed by atoms with Gasteiger partial charge >= 0.3 is 0 Å². The topological polar surface area (TPSA) is 19.7 Å². The van der Waals surface area contributed by atoms with E-state index in [1.807, 2.05) is 24.3 Å². The van der Waals surface area contributed by atoms with Gasteiger partial charge in [0.2, 0.25) is 0 Å². The van der Waals surface area contributed by atoms with E-state index in [2.05, 4.69) is 52.3 Å². The van der Waals surface area contributed by atoms with Crippen molar-refractivity contribution >= 4 is 33.4 Å². The fourth-order valence-electron chi connectivity index (χ4n) is 2.76. The van der Waals surface area contributed by atoms with Crippen LogP contribution in [0.1, 0.15) is 5.56 Å². The summed E-state index contributed by atoms with van der Waals surface area (Å²) in [7, 11) is 0. The Morgan fingerprint density at radius 2 is 1.73 bits per heavy atom. The molecule has 0 amide bonds. The zero-order chi connectivity index (χ0) is 14.2. The fourth-order valence-corrected chi connectivity index (χ4v) is 2.93. The van der Waals surface area contributed by atoms with E-state index in [0.29, 0.717) is 0 Å². The molecule has 1 N–H and O–H groups in total. The van der Waals surface area contributed by atoms with Crippen molar-refractivity contribution in [2.24, 2.45) is 0 Å². The number of rotatable bonds is 2. The van der Waals surface area contributed by atoms with Crippen LogP contribution in [-0.2, 0) is 6.54 Å². The molecule has 0 bridgehead atoms. The lowest BCUT2D eigenvalue weighted by atomic mass is 10.2. The Bertz CT molecular complexity index is 932. The molecule has 0 saturated carbocycles. The van der Waals surface area contributed by atoms with Crippen molar-refractivity contribution in [3.05, 3.63) is 77.6 Å². The van der Waals surface area contributed by atoms with Gasteiger partial charge in [0.15, 0.2) is 18.9 Å². The number of hydrogen-bond acceptors (Lipinski definition) is 0. The minimum atomic E-state index is 0. The number of H-pyrrole nitrogens is 1. The smallest absolute Gasteiger partial charge is 0.193 e. The highest BCUT2D eigenvalue weighted by Gasteiger charge is 2.09. The Morgan fingerprint density at radius 1 is 0.909 bits per heavy atom. The summed E-state index contributed by atoms with van der Waals surface area (Å²) in [5.41, 5.74) is 3.54. The standard InChI is InChI=1S/C18H13ClN2.BrH/c19-14-6-7-17-16(10-14)15-8-9-21(12-18(15)20-17)11-13-4-2-1-3-5-13;/h1-10,12H,11H2;1H. The third-order valence-electron chi connectivity index (χ3n) is 3.77. The first-order valence-electron chi connectivity index (χ1n) is 6.93. The number of aromatic amines is 1. The van der Waals surface area contributed by atoms with E-state index in [9.17, 15) is 0 Å². The summed E-state index contributed by atoms with van der Waals surface area (Å²) < 4.78 is 2.19. The van der Waals surface area contributed by atoms with Crippen LogP contribution in [0, 0.1) is 0 Å². The predicted octanol–water partition coefficient (Wildman–Crippen LogP) is 1.31. The van der Waals surface area contributed by atoms with E-state index in [-0.39, 0.29) is 17.0 Å². The Morgan fingerprint density at radius 3 is 2.55 bits per heavy atom. The Kier molecular flexibility index (Phi) is 4.19. The first kappa shape index (κ1) is 15.1. The van der Waals surface area contributed by atoms with Gasteiger partial charge in [0.25, 0.3) is 0 Å². The number of fused-ring (bicyclic) bond motifs is 3. The van der Waals surface area contributed by atoms with Crippen LogP contribution in [0.5, 0.6) is 0 Å². The molecule has 22 heavy (non-hydrogen) atoms. The zero-order valence-corrected chi connectivity index (χ0v) is 14.1. The van der Waals surface area contributed by atoms with Crippen molar-refractivity contribution < 1.29 is 21.5 Å². The van der Waals surface area contributed by atoms with Gasteiger partial charge in [0.1, 0.15) is 5.52 Å². The molecule has 0 saturated heterocycles. The van der Waals surface area contributed by atoms with Crippen molar-refractivity contribution in [3.63, 3.8) is 0 Å². The number of nitrogens with zero attached hydrogens (tertiary/aromatic N) is 1. The van der Waals surface area contributed by atoms with Gasteiger partial charge in [-0.25, -0.2) is 0 Å². The van der Waals surface area contributed by atoms with Crippen molar-refractivity contribution in [2.45, 2.75) is 6.54 Å². The molecule has 0 aliphatic heterocycles. The predicted molar refractivity (Wildman–Crippen MR) is 86.6 cm³/mol. The maximum Gasteiger partial charge on any atom is 0.193 e. The molecule has 0 unspecified atom stereocenters. The Labute approximate surface area is 144 Å². The second-order valence-corrected chi connectivity index (χ2v) is 5.68. The van der Waals surface area contributed by atoms with Crippen LogP contribution in [0.15, 0.2) is 67.0 Å². The lowest BCUT2D eigenvalue weighted by Gasteiger charge is -1.97. The van der Waals surface area contributed by atoms with Crippen LogP contribution >= 0.6 is 11.6 Å². The first-order valence-corrected chi connectivity index (χ1v) is 7.31. The number of halogens is 2. The van der Waals surface area contributed by atoms with Gasteiger partial charge in [0, 0.05) is 32.9 Å². The molecule has 0 aliphatic rings. The molecule has 0 radical (unpaired) electrons. The van der Waals surface area contributed by atoms with Crippen molar-refractivity contribution in [1.82, 2.24) is 4.98 Å². The number of benzene rings is 2. The summed E-state index contributed by atoms with van der Waals surface area (Å²) in [5.74, 6) is 0. The molecule has 2 nitrogen and oxygen atoms in total. The molecule has 4 rings (SSSR count). The van der Waals surface area contributed by atoms with Crippen LogP contribution in [0.3, 0.4) is 0 Å². The molecule has 2 aromatic carbocycles. The third kappa shape index (κ3) is 2.74. The zero-order valence-electron chi connectivity index (χ0n) is 11.8. The second-order valence-electron chi connectivity index (χ2n) is 5.25. The molecule has 2 heterocycles. The maximum absolute atomic E-state index is 6.10. The average molecular weight is 374 g/mol. The van der Waals surface area contributed by atoms with Gasteiger partial charge in [-0.2, -0.15) is 4.57 Å². The molecule has 0 fully saturated rings. The van der Waals surface area contributed by atoms with Gasteiger partial charge in [-0.3, -0.25) is 0 Å². The highest BCUT2D eigenvalue weighted by atomic mass is 79.9. The van der Waals surface area contributed by atoms with Crippen LogP contribution in [-0.4, -0.2) is 4.98 Å². The van der Waals surface area contributed by atoms with E-state index < -0.39 is 0 Å². The molecule has 4 aromatic rings. The number of aromatic nitrogens is 2. The third-order valence-corrected chi connectivity index (χ3v) is 4.00. The lowest BCUT2D eigenvalue weighted by Crippen LogP contribution is -3.00. The summed E-state index contributed by atoms with van der Waals surface area (Å²) >= 11 is 6.10. The summed E-state index contributed by atoms with van der Waals surface area (Å²) in [4.78, 5) is 3.45. The minimum Gasteiger partial charge on any atom is -1.00 e. The Hall–Kier alpha value is -1.84. The highest BCUT2D eigenvalue weighted by molar-refractivity contribution is 6.31. The molecule has 0 spiro atoms. The first-order chi connectivity index (χ1) is 10.3.